The van der Waals surface area contributed by atoms with Crippen molar-refractivity contribution in [1.29, 1.82) is 0 Å². The second-order valence-corrected chi connectivity index (χ2v) is 2.72. The van der Waals surface area contributed by atoms with Crippen molar-refractivity contribution in [3.8, 4) is 0 Å². The monoisotopic (exact) mass is 181 g/mol. The van der Waals surface area contributed by atoms with E-state index >= 15 is 0 Å². The number of rotatable bonds is 2. The second kappa shape index (κ2) is 3.02. The minimum absolute atomic E-state index is 0.615. The van der Waals surface area contributed by atoms with Gasteiger partial charge in [-0.25, -0.2) is 8.78 Å². The fourth-order valence-corrected chi connectivity index (χ4v) is 1.20. The van der Waals surface area contributed by atoms with E-state index in [1.807, 2.05) is 0 Å². The van der Waals surface area contributed by atoms with Crippen LogP contribution in [0, 0.1) is 4.91 Å². The Morgan fingerprint density at radius 2 is 2.25 bits per heavy atom. The molecule has 0 aromatic heterocycles. The molecule has 1 saturated heterocycles. The molecule has 0 aromatic rings. The van der Waals surface area contributed by atoms with Gasteiger partial charge in [-0.15, -0.1) is 0 Å². The van der Waals surface area contributed by atoms with Crippen LogP contribution < -0.4 is 0 Å². The number of aliphatic hydroxyl groups is 1. The zero-order valence-corrected chi connectivity index (χ0v) is 6.41. The molecule has 0 amide bonds. The lowest BCUT2D eigenvalue weighted by Crippen LogP contribution is -2.38. The number of nitroso groups, excluding NO2 is 1. The quantitative estimate of drug-likeness (QED) is 0.632. The highest BCUT2D eigenvalue weighted by atomic mass is 19.3. The molecule has 0 spiro atoms. The Kier molecular flexibility index (Phi) is 2.39. The molecule has 12 heavy (non-hydrogen) atoms. The Balaban J connectivity index is 2.83. The van der Waals surface area contributed by atoms with Crippen LogP contribution in [0.15, 0.2) is 5.18 Å². The number of hydrogen-bond acceptors (Lipinski definition) is 4. The van der Waals surface area contributed by atoms with Crippen LogP contribution in [0.3, 0.4) is 0 Å². The zero-order chi connectivity index (χ0) is 9.35. The summed E-state index contributed by atoms with van der Waals surface area (Å²) in [6.45, 7) is 0.532. The summed E-state index contributed by atoms with van der Waals surface area (Å²) in [6.07, 6.45) is -2.54. The highest BCUT2D eigenvalue weighted by Crippen LogP contribution is 2.37. The molecule has 3 atom stereocenters. The molecule has 0 unspecified atom stereocenters. The van der Waals surface area contributed by atoms with Crippen molar-refractivity contribution in [1.82, 2.24) is 0 Å². The van der Waals surface area contributed by atoms with E-state index in [1.165, 1.54) is 0 Å². The third-order valence-electron chi connectivity index (χ3n) is 1.96. The van der Waals surface area contributed by atoms with Gasteiger partial charge in [0.25, 0.3) is 0 Å². The first-order valence-electron chi connectivity index (χ1n) is 3.50. The topological polar surface area (TPSA) is 58.9 Å². The molecular weight excluding hydrogens is 172 g/mol. The number of alkyl halides is 2. The fraction of sp³-hybridized carbons (Fsp3) is 1.00. The predicted octanol–water partition coefficient (Wildman–Crippen LogP) is 0.536. The first-order chi connectivity index (χ1) is 5.54. The lowest BCUT2D eigenvalue weighted by atomic mass is 10.1. The molecular formula is C6H9F2NO3. The first kappa shape index (κ1) is 9.47. The molecule has 0 aromatic carbocycles. The highest BCUT2D eigenvalue weighted by molar-refractivity contribution is 4.99. The molecule has 1 rings (SSSR count). The number of aliphatic hydroxyl groups excluding tert-OH is 1. The standard InChI is InChI=1S/C6H9F2NO3/c1-3-6(7,8)5(9-11)4(2-10)12-3/h3-5,10H,2H2,1H3/t3-,4+,5+/m0/s1. The summed E-state index contributed by atoms with van der Waals surface area (Å²) in [5.41, 5.74) is 0. The fourth-order valence-electron chi connectivity index (χ4n) is 1.20. The Morgan fingerprint density at radius 3 is 2.58 bits per heavy atom. The van der Waals surface area contributed by atoms with E-state index in [4.69, 9.17) is 5.11 Å². The van der Waals surface area contributed by atoms with Crippen LogP contribution in [0.1, 0.15) is 6.92 Å². The summed E-state index contributed by atoms with van der Waals surface area (Å²) in [4.78, 5) is 10.0. The van der Waals surface area contributed by atoms with Gasteiger partial charge in [0.1, 0.15) is 12.2 Å². The van der Waals surface area contributed by atoms with Crippen LogP contribution >= 0.6 is 0 Å². The van der Waals surface area contributed by atoms with Gasteiger partial charge < -0.3 is 9.84 Å². The molecule has 0 radical (unpaired) electrons. The second-order valence-electron chi connectivity index (χ2n) is 2.72. The normalized spacial score (nSPS) is 39.8. The maximum atomic E-state index is 12.9. The molecule has 0 bridgehead atoms. The Morgan fingerprint density at radius 1 is 1.67 bits per heavy atom. The van der Waals surface area contributed by atoms with Crippen molar-refractivity contribution < 1.29 is 18.6 Å². The average molecular weight is 181 g/mol. The van der Waals surface area contributed by atoms with Gasteiger partial charge in [-0.05, 0) is 6.92 Å². The number of halogens is 2. The van der Waals surface area contributed by atoms with Crippen molar-refractivity contribution in [2.45, 2.75) is 31.1 Å². The van der Waals surface area contributed by atoms with E-state index in [0.29, 0.717) is 0 Å². The molecule has 1 aliphatic rings. The van der Waals surface area contributed by atoms with Crippen molar-refractivity contribution in [3.05, 3.63) is 4.91 Å². The molecule has 6 heteroatoms. The van der Waals surface area contributed by atoms with Crippen LogP contribution in [0.25, 0.3) is 0 Å². The third-order valence-corrected chi connectivity index (χ3v) is 1.96. The van der Waals surface area contributed by atoms with Crippen molar-refractivity contribution in [2.24, 2.45) is 5.18 Å². The average Bonchev–Trinajstić information content (AvgIpc) is 2.23. The molecule has 4 nitrogen and oxygen atoms in total. The van der Waals surface area contributed by atoms with E-state index in [1.54, 1.807) is 0 Å². The maximum absolute atomic E-state index is 12.9. The summed E-state index contributed by atoms with van der Waals surface area (Å²) < 4.78 is 30.5. The number of ether oxygens (including phenoxy) is 1. The molecule has 1 N–H and O–H groups in total. The molecule has 1 fully saturated rings. The number of hydrogen-bond donors (Lipinski definition) is 1. The van der Waals surface area contributed by atoms with Crippen LogP contribution in [-0.4, -0.2) is 35.9 Å². The lowest BCUT2D eigenvalue weighted by Gasteiger charge is -2.14. The molecule has 0 aliphatic carbocycles. The van der Waals surface area contributed by atoms with Gasteiger partial charge in [0.15, 0.2) is 6.04 Å². The van der Waals surface area contributed by atoms with Gasteiger partial charge in [-0.2, -0.15) is 4.91 Å². The highest BCUT2D eigenvalue weighted by Gasteiger charge is 2.57. The van der Waals surface area contributed by atoms with E-state index in [9.17, 15) is 13.7 Å². The van der Waals surface area contributed by atoms with Crippen molar-refractivity contribution in [3.63, 3.8) is 0 Å². The minimum Gasteiger partial charge on any atom is -0.394 e. The number of nitrogens with zero attached hydrogens (tertiary/aromatic N) is 1. The summed E-state index contributed by atoms with van der Waals surface area (Å²) in [5.74, 6) is -3.27. The van der Waals surface area contributed by atoms with Gasteiger partial charge in [0, 0.05) is 0 Å². The third kappa shape index (κ3) is 1.21. The van der Waals surface area contributed by atoms with Crippen LogP contribution in [0.4, 0.5) is 8.78 Å². The SMILES string of the molecule is C[C@@H]1O[C@H](CO)[C@@H](N=O)C1(F)F. The molecule has 1 heterocycles. The van der Waals surface area contributed by atoms with Gasteiger partial charge in [0.2, 0.25) is 0 Å². The Hall–Kier alpha value is -0.620. The minimum atomic E-state index is -3.27. The smallest absolute Gasteiger partial charge is 0.301 e. The van der Waals surface area contributed by atoms with E-state index < -0.39 is 30.8 Å². The van der Waals surface area contributed by atoms with Gasteiger partial charge >= 0.3 is 5.92 Å². The predicted molar refractivity (Wildman–Crippen MR) is 36.0 cm³/mol. The van der Waals surface area contributed by atoms with E-state index in [2.05, 4.69) is 9.91 Å². The maximum Gasteiger partial charge on any atom is 0.301 e. The van der Waals surface area contributed by atoms with Gasteiger partial charge in [-0.1, -0.05) is 5.18 Å². The van der Waals surface area contributed by atoms with E-state index in [0.717, 1.165) is 6.92 Å². The van der Waals surface area contributed by atoms with Crippen LogP contribution in [0.5, 0.6) is 0 Å². The van der Waals surface area contributed by atoms with Crippen LogP contribution in [0.2, 0.25) is 0 Å². The Labute approximate surface area is 67.5 Å². The van der Waals surface area contributed by atoms with Gasteiger partial charge in [-0.3, -0.25) is 0 Å². The van der Waals surface area contributed by atoms with Crippen molar-refractivity contribution in [2.75, 3.05) is 6.61 Å². The Bertz CT molecular complexity index is 188. The molecule has 0 saturated carbocycles. The largest absolute Gasteiger partial charge is 0.394 e. The summed E-state index contributed by atoms with van der Waals surface area (Å²) in [6, 6.07) is -1.77. The summed E-state index contributed by atoms with van der Waals surface area (Å²) in [7, 11) is 0. The van der Waals surface area contributed by atoms with Gasteiger partial charge in [0.05, 0.1) is 6.61 Å². The van der Waals surface area contributed by atoms with E-state index in [-0.39, 0.29) is 0 Å². The summed E-state index contributed by atoms with van der Waals surface area (Å²) >= 11 is 0. The molecule has 70 valence electrons. The first-order valence-corrected chi connectivity index (χ1v) is 3.50. The summed E-state index contributed by atoms with van der Waals surface area (Å²) in [5, 5.41) is 10.8. The zero-order valence-electron chi connectivity index (χ0n) is 6.41. The lowest BCUT2D eigenvalue weighted by molar-refractivity contribution is -0.0708. The van der Waals surface area contributed by atoms with Crippen molar-refractivity contribution >= 4 is 0 Å². The van der Waals surface area contributed by atoms with Crippen LogP contribution in [-0.2, 0) is 4.74 Å². The molecule has 1 aliphatic heterocycles.